The van der Waals surface area contributed by atoms with Gasteiger partial charge in [0, 0.05) is 5.41 Å². The summed E-state index contributed by atoms with van der Waals surface area (Å²) in [4.78, 5) is 0. The van der Waals surface area contributed by atoms with Crippen LogP contribution in [-0.4, -0.2) is 14.2 Å². The molecule has 0 unspecified atom stereocenters. The van der Waals surface area contributed by atoms with E-state index in [1.165, 1.54) is 0 Å². The van der Waals surface area contributed by atoms with Gasteiger partial charge in [0.05, 0.1) is 0 Å². The summed E-state index contributed by atoms with van der Waals surface area (Å²) >= 11 is 0. The Balaban J connectivity index is 4.23. The Kier molecular flexibility index (Phi) is 2.29. The van der Waals surface area contributed by atoms with Crippen molar-refractivity contribution < 1.29 is 8.42 Å². The molecule has 0 fully saturated rings. The molecule has 0 spiro atoms. The summed E-state index contributed by atoms with van der Waals surface area (Å²) < 4.78 is 20.7. The van der Waals surface area contributed by atoms with Crippen molar-refractivity contribution in [2.45, 2.75) is 0 Å². The van der Waals surface area contributed by atoms with Crippen molar-refractivity contribution in [2.75, 3.05) is 5.75 Å². The molecule has 0 amide bonds. The highest BCUT2D eigenvalue weighted by atomic mass is 32.2. The van der Waals surface area contributed by atoms with E-state index < -0.39 is 9.84 Å². The average Bonchev–Trinajstić information content (AvgIpc) is 1.67. The molecule has 0 atom stereocenters. The van der Waals surface area contributed by atoms with E-state index in [9.17, 15) is 8.42 Å². The molecule has 0 aromatic carbocycles. The minimum Gasteiger partial charge on any atom is -0.223 e. The van der Waals surface area contributed by atoms with Gasteiger partial charge in [0.25, 0.3) is 0 Å². The highest BCUT2D eigenvalue weighted by Gasteiger charge is 1.98. The third-order valence-corrected chi connectivity index (χ3v) is 1.62. The molecule has 0 aliphatic carbocycles. The van der Waals surface area contributed by atoms with Crippen molar-refractivity contribution in [3.8, 4) is 12.3 Å². The fraction of sp³-hybridized carbons (Fsp3) is 0.200. The van der Waals surface area contributed by atoms with Crippen LogP contribution in [0.2, 0.25) is 0 Å². The van der Waals surface area contributed by atoms with Gasteiger partial charge in [-0.25, -0.2) is 8.42 Å². The summed E-state index contributed by atoms with van der Waals surface area (Å²) in [6.07, 6.45) is 4.71. The molecule has 0 rings (SSSR count). The van der Waals surface area contributed by atoms with Gasteiger partial charge in [-0.1, -0.05) is 12.5 Å². The first-order valence-electron chi connectivity index (χ1n) is 1.91. The maximum Gasteiger partial charge on any atom is 0.182 e. The van der Waals surface area contributed by atoms with E-state index in [1.807, 2.05) is 5.92 Å². The topological polar surface area (TPSA) is 34.1 Å². The van der Waals surface area contributed by atoms with Gasteiger partial charge in [-0.15, -0.1) is 6.42 Å². The fourth-order valence-electron chi connectivity index (χ4n) is 0.175. The number of hydrogen-bond donors (Lipinski definition) is 0. The van der Waals surface area contributed by atoms with Crippen LogP contribution in [0.5, 0.6) is 0 Å². The van der Waals surface area contributed by atoms with E-state index >= 15 is 0 Å². The van der Waals surface area contributed by atoms with Gasteiger partial charge in [0.1, 0.15) is 5.75 Å². The van der Waals surface area contributed by atoms with Crippen LogP contribution in [0, 0.1) is 12.3 Å². The summed E-state index contributed by atoms with van der Waals surface area (Å²) in [7, 11) is -3.14. The van der Waals surface area contributed by atoms with Gasteiger partial charge in [0.15, 0.2) is 9.84 Å². The fourth-order valence-corrected chi connectivity index (χ4v) is 0.525. The van der Waals surface area contributed by atoms with Gasteiger partial charge in [-0.2, -0.15) is 0 Å². The van der Waals surface area contributed by atoms with E-state index in [0.717, 1.165) is 5.41 Å². The lowest BCUT2D eigenvalue weighted by Crippen LogP contribution is -1.97. The molecule has 0 radical (unpaired) electrons. The van der Waals surface area contributed by atoms with E-state index in [1.54, 1.807) is 0 Å². The van der Waals surface area contributed by atoms with Gasteiger partial charge in [-0.05, 0) is 0 Å². The summed E-state index contributed by atoms with van der Waals surface area (Å²) in [5, 5.41) is 0.854. The largest absolute Gasteiger partial charge is 0.223 e. The van der Waals surface area contributed by atoms with Crippen molar-refractivity contribution in [3.63, 3.8) is 0 Å². The normalized spacial score (nSPS) is 9.88. The summed E-state index contributed by atoms with van der Waals surface area (Å²) in [6, 6.07) is 0. The molecule has 0 aromatic heterocycles. The van der Waals surface area contributed by atoms with E-state index in [2.05, 4.69) is 6.58 Å². The molecule has 0 aliphatic rings. The van der Waals surface area contributed by atoms with E-state index in [4.69, 9.17) is 6.42 Å². The molecular weight excluding hydrogens is 124 g/mol. The highest BCUT2D eigenvalue weighted by molar-refractivity contribution is 7.94. The molecule has 44 valence electrons. The number of rotatable bonds is 2. The van der Waals surface area contributed by atoms with E-state index in [0.29, 0.717) is 0 Å². The molecule has 0 bridgehead atoms. The second-order valence-corrected chi connectivity index (χ2v) is 3.13. The Bertz CT molecular complexity index is 205. The molecule has 0 saturated heterocycles. The minimum absolute atomic E-state index is 0.253. The Hall–Kier alpha value is -0.750. The molecule has 8 heavy (non-hydrogen) atoms. The maximum absolute atomic E-state index is 10.3. The van der Waals surface area contributed by atoms with Crippen LogP contribution in [0.1, 0.15) is 0 Å². The van der Waals surface area contributed by atoms with Crippen LogP contribution >= 0.6 is 0 Å². The molecular formula is C5H6O2S. The predicted octanol–water partition coefficient (Wildman–Crippen LogP) is 0.178. The molecule has 2 nitrogen and oxygen atoms in total. The Morgan fingerprint density at radius 3 is 2.38 bits per heavy atom. The van der Waals surface area contributed by atoms with Crippen molar-refractivity contribution in [3.05, 3.63) is 12.0 Å². The summed E-state index contributed by atoms with van der Waals surface area (Å²) in [5.41, 5.74) is 0. The summed E-state index contributed by atoms with van der Waals surface area (Å²) in [6.45, 7) is 3.07. The Morgan fingerprint density at radius 1 is 1.75 bits per heavy atom. The molecule has 3 heteroatoms. The lowest BCUT2D eigenvalue weighted by atomic mass is 10.8. The SMILES string of the molecule is C#CCS(=O)(=O)C=C. The van der Waals surface area contributed by atoms with Crippen molar-refractivity contribution in [1.29, 1.82) is 0 Å². The lowest BCUT2D eigenvalue weighted by Gasteiger charge is -1.84. The van der Waals surface area contributed by atoms with E-state index in [-0.39, 0.29) is 5.75 Å². The molecule has 0 N–H and O–H groups in total. The minimum atomic E-state index is -3.14. The zero-order valence-corrected chi connectivity index (χ0v) is 5.11. The lowest BCUT2D eigenvalue weighted by molar-refractivity contribution is 0.608. The Labute approximate surface area is 49.1 Å². The van der Waals surface area contributed by atoms with Crippen molar-refractivity contribution in [1.82, 2.24) is 0 Å². The number of hydrogen-bond acceptors (Lipinski definition) is 2. The van der Waals surface area contributed by atoms with Crippen LogP contribution in [0.3, 0.4) is 0 Å². The first-order chi connectivity index (χ1) is 3.62. The van der Waals surface area contributed by atoms with Gasteiger partial charge < -0.3 is 0 Å². The first-order valence-corrected chi connectivity index (χ1v) is 3.62. The zero-order chi connectivity index (χ0) is 6.62. The van der Waals surface area contributed by atoms with Crippen LogP contribution in [0.4, 0.5) is 0 Å². The number of sulfone groups is 1. The second kappa shape index (κ2) is 2.53. The van der Waals surface area contributed by atoms with Gasteiger partial charge >= 0.3 is 0 Å². The van der Waals surface area contributed by atoms with Crippen LogP contribution in [0.25, 0.3) is 0 Å². The molecule has 0 saturated carbocycles. The average molecular weight is 130 g/mol. The van der Waals surface area contributed by atoms with Gasteiger partial charge in [-0.3, -0.25) is 0 Å². The zero-order valence-electron chi connectivity index (χ0n) is 4.29. The van der Waals surface area contributed by atoms with Crippen LogP contribution in [-0.2, 0) is 9.84 Å². The third kappa shape index (κ3) is 2.43. The maximum atomic E-state index is 10.3. The van der Waals surface area contributed by atoms with Crippen LogP contribution < -0.4 is 0 Å². The van der Waals surface area contributed by atoms with Gasteiger partial charge in [0.2, 0.25) is 0 Å². The Morgan fingerprint density at radius 2 is 2.25 bits per heavy atom. The smallest absolute Gasteiger partial charge is 0.182 e. The third-order valence-electron chi connectivity index (χ3n) is 0.538. The monoisotopic (exact) mass is 130 g/mol. The highest BCUT2D eigenvalue weighted by Crippen LogP contribution is 1.86. The standard InChI is InChI=1S/C5H6O2S/c1-3-5-8(6,7)4-2/h1,4H,2,5H2. The van der Waals surface area contributed by atoms with Crippen molar-refractivity contribution in [2.24, 2.45) is 0 Å². The quantitative estimate of drug-likeness (QED) is 0.499. The number of terminal acetylenes is 1. The molecule has 0 aromatic rings. The second-order valence-electron chi connectivity index (χ2n) is 1.18. The first kappa shape index (κ1) is 7.25. The predicted molar refractivity (Wildman–Crippen MR) is 32.8 cm³/mol. The summed E-state index contributed by atoms with van der Waals surface area (Å²) in [5.74, 6) is 1.75. The molecule has 0 aliphatic heterocycles. The van der Waals surface area contributed by atoms with Crippen molar-refractivity contribution >= 4 is 9.84 Å². The molecule has 0 heterocycles. The van der Waals surface area contributed by atoms with Crippen LogP contribution in [0.15, 0.2) is 12.0 Å².